The van der Waals surface area contributed by atoms with Crippen LogP contribution in [0.15, 0.2) is 4.99 Å². The molecule has 4 saturated carbocycles. The molecule has 0 aromatic carbocycles. The minimum atomic E-state index is -1.17. The van der Waals surface area contributed by atoms with Gasteiger partial charge in [0.25, 0.3) is 0 Å². The third-order valence-electron chi connectivity index (χ3n) is 12.7. The van der Waals surface area contributed by atoms with Crippen molar-refractivity contribution in [3.8, 4) is 0 Å². The fraction of sp³-hybridized carbons (Fsp3) is 0.833. The van der Waals surface area contributed by atoms with Crippen LogP contribution in [0.2, 0.25) is 0 Å². The Balaban J connectivity index is 1.20. The Morgan fingerprint density at radius 1 is 0.667 bits per heavy atom. The van der Waals surface area contributed by atoms with Gasteiger partial charge in [0.1, 0.15) is 6.04 Å². The number of methoxy groups -OCH3 is 1. The van der Waals surface area contributed by atoms with Gasteiger partial charge in [0.2, 0.25) is 11.9 Å². The zero-order valence-electron chi connectivity index (χ0n) is 34.1. The van der Waals surface area contributed by atoms with E-state index in [2.05, 4.69) is 20.9 Å². The van der Waals surface area contributed by atoms with Crippen molar-refractivity contribution in [2.45, 2.75) is 160 Å². The van der Waals surface area contributed by atoms with Crippen LogP contribution in [0.4, 0.5) is 14.4 Å². The van der Waals surface area contributed by atoms with Gasteiger partial charge in [-0.15, -0.1) is 0 Å². The standard InChI is InChI=1S/C42H67N5O10/c1-54-37(49)34(25-29-15-6-2-7-16-29)44-40(51)47-35(38(50)55-26-30-17-8-3-9-18-30)33(36(47)48)23-14-24-43-39(45-41(52)56-27-31-19-10-4-11-20-31)46-42(53)57-28-32-21-12-5-13-22-32/h29-35H,2-28H2,1H3,(H,44,51)(H2,43,45,46,52,53)/t33-,34?,35?/m1/s1. The highest BCUT2D eigenvalue weighted by atomic mass is 16.6. The van der Waals surface area contributed by atoms with E-state index in [-0.39, 0.29) is 57.0 Å². The molecule has 0 spiro atoms. The number of carbonyl (C=O) groups excluding carboxylic acids is 6. The summed E-state index contributed by atoms with van der Waals surface area (Å²) in [6.45, 7) is 0.847. The lowest BCUT2D eigenvalue weighted by atomic mass is 9.83. The summed E-state index contributed by atoms with van der Waals surface area (Å²) in [7, 11) is 1.26. The fourth-order valence-corrected chi connectivity index (χ4v) is 9.27. The third-order valence-corrected chi connectivity index (χ3v) is 12.7. The van der Waals surface area contributed by atoms with E-state index in [9.17, 15) is 28.8 Å². The Bertz CT molecular complexity index is 1330. The van der Waals surface area contributed by atoms with E-state index in [1.165, 1.54) is 20.0 Å². The molecule has 5 aliphatic rings. The van der Waals surface area contributed by atoms with Crippen LogP contribution in [0.25, 0.3) is 0 Å². The number of likely N-dealkylation sites (tertiary alicyclic amines) is 1. The first-order valence-electron chi connectivity index (χ1n) is 22.0. The van der Waals surface area contributed by atoms with Crippen LogP contribution in [-0.2, 0) is 33.3 Å². The SMILES string of the molecule is COC(=O)C(CC1CCCCC1)NC(=O)N1C(=O)[C@H](CCCN=C(NC(=O)OCC2CCCCC2)NC(=O)OCC2CCCCC2)C1C(=O)OCC1CCCCC1. The predicted octanol–water partition coefficient (Wildman–Crippen LogP) is 6.91. The summed E-state index contributed by atoms with van der Waals surface area (Å²) >= 11 is 0. The van der Waals surface area contributed by atoms with E-state index < -0.39 is 54.1 Å². The maximum atomic E-state index is 13.7. The smallest absolute Gasteiger partial charge is 0.413 e. The maximum Gasteiger partial charge on any atom is 0.413 e. The third kappa shape index (κ3) is 14.2. The van der Waals surface area contributed by atoms with Crippen molar-refractivity contribution in [3.05, 3.63) is 0 Å². The van der Waals surface area contributed by atoms with Gasteiger partial charge in [-0.2, -0.15) is 0 Å². The normalized spacial score (nSPS) is 23.0. The Morgan fingerprint density at radius 3 is 1.60 bits per heavy atom. The minimum absolute atomic E-state index is 0.0762. The number of rotatable bonds is 15. The monoisotopic (exact) mass is 801 g/mol. The fourth-order valence-electron chi connectivity index (χ4n) is 9.27. The van der Waals surface area contributed by atoms with Crippen molar-refractivity contribution in [3.63, 3.8) is 0 Å². The molecule has 320 valence electrons. The molecule has 57 heavy (non-hydrogen) atoms. The number of β-lactam (4-membered cyclic amide) rings is 1. The first kappa shape index (κ1) is 44.2. The summed E-state index contributed by atoms with van der Waals surface area (Å²) in [6, 6.07) is -2.94. The number of hydrogen-bond donors (Lipinski definition) is 3. The Morgan fingerprint density at radius 2 is 1.12 bits per heavy atom. The lowest BCUT2D eigenvalue weighted by Gasteiger charge is -2.44. The van der Waals surface area contributed by atoms with E-state index in [4.69, 9.17) is 18.9 Å². The molecule has 0 aromatic heterocycles. The number of ether oxygens (including phenoxy) is 4. The van der Waals surface area contributed by atoms with Crippen molar-refractivity contribution < 1.29 is 47.7 Å². The average Bonchev–Trinajstić information content (AvgIpc) is 3.23. The van der Waals surface area contributed by atoms with Crippen molar-refractivity contribution in [2.24, 2.45) is 34.6 Å². The topological polar surface area (TPSA) is 191 Å². The molecule has 4 aliphatic carbocycles. The zero-order valence-corrected chi connectivity index (χ0v) is 34.1. The Hall–Kier alpha value is -3.91. The summed E-state index contributed by atoms with van der Waals surface area (Å²) in [4.78, 5) is 84.5. The molecule has 2 unspecified atom stereocenters. The number of guanidine groups is 1. The molecule has 0 bridgehead atoms. The van der Waals surface area contributed by atoms with Gasteiger partial charge in [0.15, 0.2) is 6.04 Å². The summed E-state index contributed by atoms with van der Waals surface area (Å²) in [5.41, 5.74) is 0. The van der Waals surface area contributed by atoms with E-state index in [1.54, 1.807) is 0 Å². The van der Waals surface area contributed by atoms with Crippen LogP contribution in [0.1, 0.15) is 148 Å². The number of aliphatic imine (C=N–C) groups is 1. The highest BCUT2D eigenvalue weighted by Gasteiger charge is 2.55. The maximum absolute atomic E-state index is 13.7. The van der Waals surface area contributed by atoms with E-state index in [0.717, 1.165) is 120 Å². The summed E-state index contributed by atoms with van der Waals surface area (Å²) in [5.74, 6) is -1.72. The van der Waals surface area contributed by atoms with Crippen LogP contribution < -0.4 is 16.0 Å². The molecule has 15 nitrogen and oxygen atoms in total. The second-order valence-corrected chi connectivity index (χ2v) is 17.0. The van der Waals surface area contributed by atoms with Gasteiger partial charge >= 0.3 is 30.2 Å². The van der Waals surface area contributed by atoms with E-state index in [0.29, 0.717) is 18.3 Å². The van der Waals surface area contributed by atoms with Gasteiger partial charge < -0.3 is 24.3 Å². The molecule has 3 N–H and O–H groups in total. The lowest BCUT2D eigenvalue weighted by Crippen LogP contribution is -2.69. The number of nitrogens with zero attached hydrogens (tertiary/aromatic N) is 2. The Kier molecular flexibility index (Phi) is 18.2. The van der Waals surface area contributed by atoms with Crippen molar-refractivity contribution in [2.75, 3.05) is 33.5 Å². The molecule has 5 fully saturated rings. The van der Waals surface area contributed by atoms with Gasteiger partial charge in [-0.05, 0) is 81.5 Å². The highest BCUT2D eigenvalue weighted by Crippen LogP contribution is 2.34. The van der Waals surface area contributed by atoms with Gasteiger partial charge in [-0.3, -0.25) is 20.4 Å². The number of carbonyl (C=O) groups is 6. The number of nitrogens with one attached hydrogen (secondary N) is 3. The largest absolute Gasteiger partial charge is 0.467 e. The molecule has 5 rings (SSSR count). The average molecular weight is 802 g/mol. The first-order chi connectivity index (χ1) is 27.7. The van der Waals surface area contributed by atoms with E-state index >= 15 is 0 Å². The number of imide groups is 1. The molecular formula is C42H67N5O10. The van der Waals surface area contributed by atoms with Crippen molar-refractivity contribution in [1.82, 2.24) is 20.9 Å². The van der Waals surface area contributed by atoms with Gasteiger partial charge in [-0.25, -0.2) is 28.9 Å². The van der Waals surface area contributed by atoms with Crippen molar-refractivity contribution >= 4 is 42.0 Å². The number of esters is 2. The number of urea groups is 1. The van der Waals surface area contributed by atoms with Crippen LogP contribution in [0.5, 0.6) is 0 Å². The summed E-state index contributed by atoms with van der Waals surface area (Å²) < 4.78 is 21.7. The second-order valence-electron chi connectivity index (χ2n) is 17.0. The van der Waals surface area contributed by atoms with Crippen LogP contribution >= 0.6 is 0 Å². The molecule has 15 heteroatoms. The van der Waals surface area contributed by atoms with Crippen LogP contribution in [0, 0.1) is 29.6 Å². The molecule has 1 aliphatic heterocycles. The molecule has 1 saturated heterocycles. The molecule has 5 amide bonds. The molecular weight excluding hydrogens is 734 g/mol. The van der Waals surface area contributed by atoms with Crippen LogP contribution in [-0.4, -0.2) is 92.5 Å². The summed E-state index contributed by atoms with van der Waals surface area (Å²) in [5, 5.41) is 7.79. The van der Waals surface area contributed by atoms with Gasteiger partial charge in [0.05, 0.1) is 32.8 Å². The second kappa shape index (κ2) is 23.5. The molecule has 3 atom stereocenters. The highest BCUT2D eigenvalue weighted by molar-refractivity contribution is 6.08. The van der Waals surface area contributed by atoms with Gasteiger partial charge in [-0.1, -0.05) is 89.9 Å². The number of amides is 5. The lowest BCUT2D eigenvalue weighted by molar-refractivity contribution is -0.171. The molecule has 0 aromatic rings. The van der Waals surface area contributed by atoms with Crippen LogP contribution in [0.3, 0.4) is 0 Å². The summed E-state index contributed by atoms with van der Waals surface area (Å²) in [6.07, 6.45) is 20.5. The zero-order chi connectivity index (χ0) is 40.4. The van der Waals surface area contributed by atoms with Gasteiger partial charge in [0, 0.05) is 6.54 Å². The predicted molar refractivity (Wildman–Crippen MR) is 211 cm³/mol. The Labute approximate surface area is 337 Å². The molecule has 0 radical (unpaired) electrons. The number of alkyl carbamates (subject to hydrolysis) is 2. The number of hydrogen-bond acceptors (Lipinski definition) is 11. The van der Waals surface area contributed by atoms with Crippen molar-refractivity contribution in [1.29, 1.82) is 0 Å². The quantitative estimate of drug-likeness (QED) is 0.0392. The minimum Gasteiger partial charge on any atom is -0.467 e. The van der Waals surface area contributed by atoms with E-state index in [1.807, 2.05) is 0 Å². The molecule has 1 heterocycles. The first-order valence-corrected chi connectivity index (χ1v) is 22.0.